The Bertz CT molecular complexity index is 1530. The molecule has 5 rings (SSSR count). The normalized spacial score (nSPS) is 21.1. The predicted molar refractivity (Wildman–Crippen MR) is 139 cm³/mol. The summed E-state index contributed by atoms with van der Waals surface area (Å²) in [5, 5.41) is 0.480. The van der Waals surface area contributed by atoms with Crippen LogP contribution in [0.15, 0.2) is 68.3 Å². The second-order valence-corrected chi connectivity index (χ2v) is 13.1. The molecule has 0 radical (unpaired) electrons. The average molecular weight is 530 g/mol. The maximum absolute atomic E-state index is 13.5. The van der Waals surface area contributed by atoms with Crippen molar-refractivity contribution in [1.82, 2.24) is 14.3 Å². The molecule has 2 fully saturated rings. The number of sulfone groups is 1. The molecule has 1 amide bonds. The average Bonchev–Trinajstić information content (AvgIpc) is 3.29. The lowest BCUT2D eigenvalue weighted by atomic mass is 10.2. The van der Waals surface area contributed by atoms with Gasteiger partial charge in [-0.2, -0.15) is 0 Å². The van der Waals surface area contributed by atoms with Crippen LogP contribution < -0.4 is 5.56 Å². The first kappa shape index (κ1) is 23.3. The van der Waals surface area contributed by atoms with Crippen molar-refractivity contribution in [2.45, 2.75) is 29.3 Å². The topological polar surface area (TPSA) is 88.8 Å². The summed E-state index contributed by atoms with van der Waals surface area (Å²) >= 11 is 7.84. The Balaban J connectivity index is 1.60. The smallest absolute Gasteiger partial charge is 0.266 e. The van der Waals surface area contributed by atoms with Crippen LogP contribution in [0.25, 0.3) is 11.7 Å². The Hall–Kier alpha value is -2.47. The van der Waals surface area contributed by atoms with Gasteiger partial charge in [-0.05, 0) is 43.2 Å². The van der Waals surface area contributed by atoms with Crippen LogP contribution in [-0.4, -0.2) is 50.5 Å². The van der Waals surface area contributed by atoms with E-state index in [0.717, 1.165) is 22.2 Å². The fraction of sp³-hybridized carbons (Fsp3) is 0.217. The van der Waals surface area contributed by atoms with Crippen molar-refractivity contribution in [3.05, 3.63) is 75.0 Å². The molecule has 2 aromatic heterocycles. The number of benzene rings is 1. The summed E-state index contributed by atoms with van der Waals surface area (Å²) in [4.78, 5) is 34.0. The molecule has 0 aliphatic carbocycles. The van der Waals surface area contributed by atoms with Crippen LogP contribution in [0.1, 0.15) is 17.5 Å². The Labute approximate surface area is 210 Å². The molecule has 11 heteroatoms. The van der Waals surface area contributed by atoms with Crippen LogP contribution in [0.4, 0.5) is 0 Å². The summed E-state index contributed by atoms with van der Waals surface area (Å²) < 4.78 is 25.7. The molecule has 1 atom stereocenters. The minimum atomic E-state index is -3.18. The molecule has 2 aliphatic rings. The van der Waals surface area contributed by atoms with E-state index in [0.29, 0.717) is 21.4 Å². The van der Waals surface area contributed by atoms with Gasteiger partial charge in [-0.1, -0.05) is 60.0 Å². The molecular weight excluding hydrogens is 511 g/mol. The van der Waals surface area contributed by atoms with Crippen LogP contribution in [-0.2, 0) is 14.6 Å². The number of nitrogens with zero attached hydrogens (tertiary/aromatic N) is 3. The number of fused-ring (bicyclic) bond motifs is 1. The molecule has 174 valence electrons. The molecule has 7 nitrogen and oxygen atoms in total. The number of amides is 1. The van der Waals surface area contributed by atoms with Crippen LogP contribution in [0.3, 0.4) is 0 Å². The molecule has 0 N–H and O–H groups in total. The summed E-state index contributed by atoms with van der Waals surface area (Å²) in [5.41, 5.74) is 1.41. The van der Waals surface area contributed by atoms with E-state index in [-0.39, 0.29) is 33.4 Å². The van der Waals surface area contributed by atoms with Crippen molar-refractivity contribution in [2.24, 2.45) is 0 Å². The molecule has 4 heterocycles. The Morgan fingerprint density at radius 1 is 1.18 bits per heavy atom. The number of aryl methyl sites for hydroxylation is 1. The van der Waals surface area contributed by atoms with Crippen LogP contribution in [0.2, 0.25) is 0 Å². The zero-order valence-electron chi connectivity index (χ0n) is 18.0. The van der Waals surface area contributed by atoms with Gasteiger partial charge in [-0.15, -0.1) is 0 Å². The first-order valence-corrected chi connectivity index (χ1v) is 14.3. The molecule has 3 aromatic rings. The van der Waals surface area contributed by atoms with Gasteiger partial charge in [0.15, 0.2) is 9.84 Å². The summed E-state index contributed by atoms with van der Waals surface area (Å²) in [6.45, 7) is 1.89. The third-order valence-electron chi connectivity index (χ3n) is 5.60. The van der Waals surface area contributed by atoms with Gasteiger partial charge in [0.2, 0.25) is 0 Å². The molecule has 2 saturated heterocycles. The van der Waals surface area contributed by atoms with Gasteiger partial charge in [-0.3, -0.25) is 18.9 Å². The number of hydrogen-bond acceptors (Lipinski definition) is 8. The van der Waals surface area contributed by atoms with Crippen molar-refractivity contribution in [1.29, 1.82) is 0 Å². The summed E-state index contributed by atoms with van der Waals surface area (Å²) in [5.74, 6) is -0.427. The van der Waals surface area contributed by atoms with E-state index in [2.05, 4.69) is 0 Å². The van der Waals surface area contributed by atoms with Crippen LogP contribution in [0.5, 0.6) is 0 Å². The van der Waals surface area contributed by atoms with Crippen LogP contribution >= 0.6 is 35.7 Å². The van der Waals surface area contributed by atoms with Gasteiger partial charge in [0, 0.05) is 11.1 Å². The van der Waals surface area contributed by atoms with Crippen molar-refractivity contribution in [2.75, 3.05) is 11.5 Å². The van der Waals surface area contributed by atoms with E-state index in [1.165, 1.54) is 27.1 Å². The Kier molecular flexibility index (Phi) is 6.13. The quantitative estimate of drug-likeness (QED) is 0.288. The molecular formula is C23H19N3O4S4. The minimum Gasteiger partial charge on any atom is -0.289 e. The summed E-state index contributed by atoms with van der Waals surface area (Å²) in [6.07, 6.45) is 3.61. The van der Waals surface area contributed by atoms with Crippen molar-refractivity contribution >= 4 is 67.5 Å². The lowest BCUT2D eigenvalue weighted by Crippen LogP contribution is -2.39. The van der Waals surface area contributed by atoms with Gasteiger partial charge < -0.3 is 0 Å². The molecule has 0 spiro atoms. The number of carbonyl (C=O) groups excluding carboxylic acids is 1. The highest BCUT2D eigenvalue weighted by molar-refractivity contribution is 8.26. The fourth-order valence-electron chi connectivity index (χ4n) is 3.94. The molecule has 1 aromatic carbocycles. The van der Waals surface area contributed by atoms with E-state index in [1.54, 1.807) is 12.3 Å². The zero-order valence-corrected chi connectivity index (χ0v) is 21.3. The maximum atomic E-state index is 13.5. The summed E-state index contributed by atoms with van der Waals surface area (Å²) in [7, 11) is -3.18. The molecule has 0 saturated carbocycles. The number of thioether (sulfide) groups is 1. The van der Waals surface area contributed by atoms with E-state index >= 15 is 0 Å². The lowest BCUT2D eigenvalue weighted by molar-refractivity contribution is -0.123. The first-order valence-electron chi connectivity index (χ1n) is 10.5. The second kappa shape index (κ2) is 8.95. The highest BCUT2D eigenvalue weighted by Crippen LogP contribution is 2.37. The van der Waals surface area contributed by atoms with E-state index in [9.17, 15) is 18.0 Å². The number of thiocarbonyl (C=S) groups is 1. The third-order valence-corrected chi connectivity index (χ3v) is 9.69. The third kappa shape index (κ3) is 4.45. The Morgan fingerprint density at radius 2 is 1.94 bits per heavy atom. The lowest BCUT2D eigenvalue weighted by Gasteiger charge is -2.20. The fourth-order valence-corrected chi connectivity index (χ4v) is 7.94. The summed E-state index contributed by atoms with van der Waals surface area (Å²) in [6, 6.07) is 12.8. The largest absolute Gasteiger partial charge is 0.289 e. The monoisotopic (exact) mass is 529 g/mol. The second-order valence-electron chi connectivity index (χ2n) is 8.09. The van der Waals surface area contributed by atoms with Gasteiger partial charge in [0.1, 0.15) is 15.0 Å². The number of aromatic nitrogens is 2. The minimum absolute atomic E-state index is 0.0426. The number of pyridine rings is 1. The van der Waals surface area contributed by atoms with E-state index < -0.39 is 15.9 Å². The van der Waals surface area contributed by atoms with Gasteiger partial charge >= 0.3 is 0 Å². The van der Waals surface area contributed by atoms with Crippen LogP contribution in [0, 0.1) is 6.92 Å². The van der Waals surface area contributed by atoms with Crippen molar-refractivity contribution < 1.29 is 13.2 Å². The number of rotatable bonds is 4. The molecule has 34 heavy (non-hydrogen) atoms. The molecule has 0 bridgehead atoms. The highest BCUT2D eigenvalue weighted by Gasteiger charge is 2.42. The van der Waals surface area contributed by atoms with Gasteiger partial charge in [-0.25, -0.2) is 13.4 Å². The maximum Gasteiger partial charge on any atom is 0.266 e. The Morgan fingerprint density at radius 3 is 2.65 bits per heavy atom. The first-order chi connectivity index (χ1) is 16.2. The number of carbonyl (C=O) groups is 1. The molecule has 2 aliphatic heterocycles. The number of hydrogen-bond donors (Lipinski definition) is 0. The zero-order chi connectivity index (χ0) is 24.0. The van der Waals surface area contributed by atoms with Crippen molar-refractivity contribution in [3.63, 3.8) is 0 Å². The molecule has 1 unspecified atom stereocenters. The van der Waals surface area contributed by atoms with Gasteiger partial charge in [0.25, 0.3) is 11.5 Å². The van der Waals surface area contributed by atoms with E-state index in [4.69, 9.17) is 17.2 Å². The standard InChI is InChI=1S/C23H19N3O4S4/c1-14-7-8-19-24-20(32-16-5-3-2-4-6-16)17(21(27)25(19)12-14)11-18-22(28)26(23(31)33-18)15-9-10-34(29,30)13-15/h2-8,11-12,15H,9-10,13H2,1H3. The van der Waals surface area contributed by atoms with Gasteiger partial charge in [0.05, 0.1) is 28.0 Å². The highest BCUT2D eigenvalue weighted by atomic mass is 32.2. The predicted octanol–water partition coefficient (Wildman–Crippen LogP) is 3.54. The SMILES string of the molecule is Cc1ccc2nc(Sc3ccccc3)c(C=C3SC(=S)N(C4CCS(=O)(=O)C4)C3=O)c(=O)n2c1. The van der Waals surface area contributed by atoms with Crippen molar-refractivity contribution in [3.8, 4) is 0 Å². The van der Waals surface area contributed by atoms with E-state index in [1.807, 2.05) is 43.3 Å².